The van der Waals surface area contributed by atoms with Crippen LogP contribution in [-0.2, 0) is 32.3 Å². The van der Waals surface area contributed by atoms with Gasteiger partial charge in [-0.25, -0.2) is 8.42 Å². The molecule has 1 aliphatic rings. The number of hydrogen-bond acceptors (Lipinski definition) is 4. The van der Waals surface area contributed by atoms with Gasteiger partial charge in [0, 0.05) is 12.6 Å². The number of nitrogens with zero attached hydrogens (tertiary/aromatic N) is 2. The van der Waals surface area contributed by atoms with Gasteiger partial charge in [0.2, 0.25) is 21.8 Å². The summed E-state index contributed by atoms with van der Waals surface area (Å²) in [6.07, 6.45) is -0.157. The minimum atomic E-state index is -4.69. The quantitative estimate of drug-likeness (QED) is 0.516. The van der Waals surface area contributed by atoms with Gasteiger partial charge in [-0.3, -0.25) is 13.9 Å². The monoisotopic (exact) mass is 539 g/mol. The molecule has 2 aromatic rings. The molecule has 1 N–H and O–H groups in total. The van der Waals surface area contributed by atoms with Crippen molar-refractivity contribution in [2.24, 2.45) is 0 Å². The fourth-order valence-electron chi connectivity index (χ4n) is 4.43. The van der Waals surface area contributed by atoms with Gasteiger partial charge >= 0.3 is 6.18 Å². The third-order valence-corrected chi connectivity index (χ3v) is 7.59. The molecule has 3 rings (SSSR count). The smallest absolute Gasteiger partial charge is 0.352 e. The lowest BCUT2D eigenvalue weighted by Crippen LogP contribution is -2.52. The van der Waals surface area contributed by atoms with E-state index in [1.165, 1.54) is 11.0 Å². The molecule has 0 heterocycles. The second kappa shape index (κ2) is 11.5. The summed E-state index contributed by atoms with van der Waals surface area (Å²) in [6.45, 7) is 2.71. The first-order chi connectivity index (χ1) is 17.3. The topological polar surface area (TPSA) is 86.8 Å². The SMILES string of the molecule is Cc1cccc(CN(C(=O)CN(c2cccc(C(F)(F)F)c2)S(C)(=O)=O)[C@@H](C)C(=O)NC2CCCC2)c1. The van der Waals surface area contributed by atoms with Crippen LogP contribution in [0.4, 0.5) is 18.9 Å². The van der Waals surface area contributed by atoms with Crippen LogP contribution in [0, 0.1) is 6.92 Å². The molecule has 1 saturated carbocycles. The molecule has 0 aliphatic heterocycles. The zero-order valence-electron chi connectivity index (χ0n) is 21.1. The maximum Gasteiger partial charge on any atom is 0.416 e. The predicted molar refractivity (Wildman–Crippen MR) is 135 cm³/mol. The summed E-state index contributed by atoms with van der Waals surface area (Å²) in [5.74, 6) is -1.07. The van der Waals surface area contributed by atoms with E-state index in [0.29, 0.717) is 10.4 Å². The standard InChI is InChI=1S/C26H32F3N3O4S/c1-18-8-6-9-20(14-18)16-31(19(2)25(34)30-22-11-4-5-12-22)24(33)17-32(37(3,35)36)23-13-7-10-21(15-23)26(27,28)29/h6-10,13-15,19,22H,4-5,11-12,16-17H2,1-3H3,(H,30,34)/t19-/m0/s1. The number of amides is 2. The number of alkyl halides is 3. The second-order valence-corrected chi connectivity index (χ2v) is 11.4. The Morgan fingerprint density at radius 2 is 1.73 bits per heavy atom. The lowest BCUT2D eigenvalue weighted by molar-refractivity contribution is -0.139. The average Bonchev–Trinajstić information content (AvgIpc) is 3.32. The van der Waals surface area contributed by atoms with E-state index in [-0.39, 0.29) is 24.2 Å². The minimum absolute atomic E-state index is 0.0171. The number of benzene rings is 2. The van der Waals surface area contributed by atoms with Crippen LogP contribution >= 0.6 is 0 Å². The first-order valence-electron chi connectivity index (χ1n) is 12.1. The summed E-state index contributed by atoms with van der Waals surface area (Å²) in [5.41, 5.74) is 0.352. The van der Waals surface area contributed by atoms with E-state index < -0.39 is 40.3 Å². The number of anilines is 1. The molecule has 1 aliphatic carbocycles. The predicted octanol–water partition coefficient (Wildman–Crippen LogP) is 4.26. The summed E-state index contributed by atoms with van der Waals surface area (Å²) < 4.78 is 65.6. The van der Waals surface area contributed by atoms with Crippen LogP contribution < -0.4 is 9.62 Å². The molecular formula is C26H32F3N3O4S. The Bertz CT molecular complexity index is 1230. The summed E-state index contributed by atoms with van der Waals surface area (Å²) in [4.78, 5) is 27.9. The third kappa shape index (κ3) is 7.70. The molecule has 2 aromatic carbocycles. The summed E-state index contributed by atoms with van der Waals surface area (Å²) in [7, 11) is -4.14. The Morgan fingerprint density at radius 3 is 2.32 bits per heavy atom. The van der Waals surface area contributed by atoms with E-state index in [2.05, 4.69) is 5.32 Å². The molecule has 0 aromatic heterocycles. The van der Waals surface area contributed by atoms with Gasteiger partial charge in [0.25, 0.3) is 0 Å². The van der Waals surface area contributed by atoms with Crippen molar-refractivity contribution in [1.82, 2.24) is 10.2 Å². The molecule has 7 nitrogen and oxygen atoms in total. The van der Waals surface area contributed by atoms with Crippen molar-refractivity contribution in [1.29, 1.82) is 0 Å². The molecular weight excluding hydrogens is 507 g/mol. The van der Waals surface area contributed by atoms with Crippen molar-refractivity contribution in [3.63, 3.8) is 0 Å². The molecule has 2 amide bonds. The van der Waals surface area contributed by atoms with Crippen LogP contribution in [0.1, 0.15) is 49.3 Å². The zero-order valence-corrected chi connectivity index (χ0v) is 21.9. The highest BCUT2D eigenvalue weighted by molar-refractivity contribution is 7.92. The van der Waals surface area contributed by atoms with E-state index in [9.17, 15) is 31.2 Å². The average molecular weight is 540 g/mol. The van der Waals surface area contributed by atoms with Gasteiger partial charge in [-0.1, -0.05) is 48.7 Å². The Labute approximate surface area is 215 Å². The highest BCUT2D eigenvalue weighted by Crippen LogP contribution is 2.32. The van der Waals surface area contributed by atoms with Crippen LogP contribution in [0.5, 0.6) is 0 Å². The van der Waals surface area contributed by atoms with Gasteiger partial charge in [-0.2, -0.15) is 13.2 Å². The van der Waals surface area contributed by atoms with Crippen molar-refractivity contribution in [3.8, 4) is 0 Å². The highest BCUT2D eigenvalue weighted by Gasteiger charge is 2.34. The first-order valence-corrected chi connectivity index (χ1v) is 13.9. The van der Waals surface area contributed by atoms with Crippen LogP contribution in [0.25, 0.3) is 0 Å². The molecule has 11 heteroatoms. The van der Waals surface area contributed by atoms with Crippen molar-refractivity contribution in [2.45, 2.75) is 64.3 Å². The lowest BCUT2D eigenvalue weighted by atomic mass is 10.1. The normalized spacial score (nSPS) is 15.3. The number of carbonyl (C=O) groups is 2. The largest absolute Gasteiger partial charge is 0.416 e. The Kier molecular flexibility index (Phi) is 8.88. The zero-order chi connectivity index (χ0) is 27.4. The number of rotatable bonds is 9. The van der Waals surface area contributed by atoms with Crippen LogP contribution in [0.3, 0.4) is 0 Å². The molecule has 0 unspecified atom stereocenters. The summed E-state index contributed by atoms with van der Waals surface area (Å²) >= 11 is 0. The van der Waals surface area contributed by atoms with Crippen LogP contribution in [0.2, 0.25) is 0 Å². The van der Waals surface area contributed by atoms with Crippen molar-refractivity contribution in [2.75, 3.05) is 17.1 Å². The molecule has 0 bridgehead atoms. The van der Waals surface area contributed by atoms with Gasteiger partial charge in [0.15, 0.2) is 0 Å². The Hall–Kier alpha value is -3.08. The fraction of sp³-hybridized carbons (Fsp3) is 0.462. The van der Waals surface area contributed by atoms with Gasteiger partial charge in [0.05, 0.1) is 17.5 Å². The Morgan fingerprint density at radius 1 is 1.08 bits per heavy atom. The van der Waals surface area contributed by atoms with E-state index in [1.54, 1.807) is 13.0 Å². The summed E-state index contributed by atoms with van der Waals surface area (Å²) in [6, 6.07) is 10.2. The van der Waals surface area contributed by atoms with E-state index >= 15 is 0 Å². The molecule has 0 spiro atoms. The molecule has 1 fully saturated rings. The van der Waals surface area contributed by atoms with E-state index in [1.807, 2.05) is 25.1 Å². The molecule has 1 atom stereocenters. The third-order valence-electron chi connectivity index (χ3n) is 6.44. The molecule has 0 radical (unpaired) electrons. The van der Waals surface area contributed by atoms with Crippen molar-refractivity contribution in [3.05, 3.63) is 65.2 Å². The number of halogens is 3. The van der Waals surface area contributed by atoms with Gasteiger partial charge in [-0.15, -0.1) is 0 Å². The number of sulfonamides is 1. The van der Waals surface area contributed by atoms with Crippen LogP contribution in [0.15, 0.2) is 48.5 Å². The van der Waals surface area contributed by atoms with Gasteiger partial charge in [0.1, 0.15) is 12.6 Å². The first kappa shape index (κ1) is 28.5. The number of nitrogens with one attached hydrogen (secondary N) is 1. The minimum Gasteiger partial charge on any atom is -0.352 e. The molecule has 202 valence electrons. The maximum absolute atomic E-state index is 13.5. The molecule has 37 heavy (non-hydrogen) atoms. The number of hydrogen-bond donors (Lipinski definition) is 1. The fourth-order valence-corrected chi connectivity index (χ4v) is 5.27. The second-order valence-electron chi connectivity index (χ2n) is 9.49. The van der Waals surface area contributed by atoms with Crippen molar-refractivity contribution < 1.29 is 31.2 Å². The van der Waals surface area contributed by atoms with E-state index in [4.69, 9.17) is 0 Å². The Balaban J connectivity index is 1.92. The maximum atomic E-state index is 13.5. The van der Waals surface area contributed by atoms with Crippen LogP contribution in [-0.4, -0.2) is 50.0 Å². The van der Waals surface area contributed by atoms with E-state index in [0.717, 1.165) is 55.2 Å². The lowest BCUT2D eigenvalue weighted by Gasteiger charge is -2.32. The van der Waals surface area contributed by atoms with Gasteiger partial charge < -0.3 is 10.2 Å². The summed E-state index contributed by atoms with van der Waals surface area (Å²) in [5, 5.41) is 2.96. The highest BCUT2D eigenvalue weighted by atomic mass is 32.2. The number of aryl methyl sites for hydroxylation is 1. The van der Waals surface area contributed by atoms with Gasteiger partial charge in [-0.05, 0) is 50.5 Å². The number of carbonyl (C=O) groups excluding carboxylic acids is 2. The van der Waals surface area contributed by atoms with Crippen molar-refractivity contribution >= 4 is 27.5 Å². The molecule has 0 saturated heterocycles.